The number of hydrogen-bond donors (Lipinski definition) is 0. The predicted molar refractivity (Wildman–Crippen MR) is 78.0 cm³/mol. The van der Waals surface area contributed by atoms with Crippen molar-refractivity contribution < 1.29 is 9.26 Å². The minimum atomic E-state index is -1.78. The van der Waals surface area contributed by atoms with Gasteiger partial charge in [0.1, 0.15) is 0 Å². The van der Waals surface area contributed by atoms with E-state index in [4.69, 9.17) is 20.9 Å². The van der Waals surface area contributed by atoms with Gasteiger partial charge in [0.15, 0.2) is 14.0 Å². The van der Waals surface area contributed by atoms with E-state index in [1.165, 1.54) is 0 Å². The number of alkyl halides is 1. The van der Waals surface area contributed by atoms with E-state index in [1.54, 1.807) is 12.2 Å². The second-order valence-corrected chi connectivity index (χ2v) is 9.87. The van der Waals surface area contributed by atoms with Gasteiger partial charge in [0.25, 0.3) is 0 Å². The van der Waals surface area contributed by atoms with Crippen LogP contribution in [-0.2, 0) is 15.0 Å². The van der Waals surface area contributed by atoms with Gasteiger partial charge in [-0.3, -0.25) is 4.84 Å². The van der Waals surface area contributed by atoms with Gasteiger partial charge >= 0.3 is 0 Å². The Labute approximate surface area is 116 Å². The van der Waals surface area contributed by atoms with Crippen LogP contribution in [0, 0.1) is 0 Å². The van der Waals surface area contributed by atoms with Crippen molar-refractivity contribution in [3.05, 3.63) is 35.9 Å². The van der Waals surface area contributed by atoms with Gasteiger partial charge in [0.2, 0.25) is 0 Å². The minimum Gasteiger partial charge on any atom is -0.394 e. The SMILES string of the molecule is CON(C)C(CCl)(O[Si](C)(C)C)c1ccccc1. The highest BCUT2D eigenvalue weighted by atomic mass is 35.5. The molecule has 0 aliphatic rings. The van der Waals surface area contributed by atoms with Gasteiger partial charge in [-0.15, -0.1) is 11.6 Å². The zero-order chi connectivity index (χ0) is 13.8. The van der Waals surface area contributed by atoms with E-state index in [2.05, 4.69) is 19.6 Å². The van der Waals surface area contributed by atoms with Gasteiger partial charge < -0.3 is 4.43 Å². The molecule has 0 amide bonds. The van der Waals surface area contributed by atoms with Crippen molar-refractivity contribution in [3.8, 4) is 0 Å². The summed E-state index contributed by atoms with van der Waals surface area (Å²) >= 11 is 6.21. The Hall–Kier alpha value is -0.393. The molecule has 1 aromatic rings. The fraction of sp³-hybridized carbons (Fsp3) is 0.538. The molecule has 1 aromatic carbocycles. The Bertz CT molecular complexity index is 369. The van der Waals surface area contributed by atoms with Crippen molar-refractivity contribution >= 4 is 19.9 Å². The summed E-state index contributed by atoms with van der Waals surface area (Å²) in [7, 11) is 1.68. The van der Waals surface area contributed by atoms with Crippen molar-refractivity contribution in [1.29, 1.82) is 0 Å². The third-order valence-corrected chi connectivity index (χ3v) is 3.98. The number of nitrogens with zero attached hydrogens (tertiary/aromatic N) is 1. The van der Waals surface area contributed by atoms with Crippen molar-refractivity contribution in [2.75, 3.05) is 20.0 Å². The highest BCUT2D eigenvalue weighted by Gasteiger charge is 2.41. The number of benzene rings is 1. The van der Waals surface area contributed by atoms with Gasteiger partial charge in [0, 0.05) is 12.6 Å². The molecule has 0 aliphatic heterocycles. The molecule has 3 nitrogen and oxygen atoms in total. The maximum absolute atomic E-state index is 6.32. The molecule has 0 radical (unpaired) electrons. The van der Waals surface area contributed by atoms with Crippen LogP contribution in [0.4, 0.5) is 0 Å². The summed E-state index contributed by atoms with van der Waals surface area (Å²) < 4.78 is 6.32. The third kappa shape index (κ3) is 3.55. The molecule has 0 aromatic heterocycles. The number of hydrogen-bond acceptors (Lipinski definition) is 3. The molecule has 1 rings (SSSR count). The van der Waals surface area contributed by atoms with Crippen LogP contribution in [0.25, 0.3) is 0 Å². The van der Waals surface area contributed by atoms with Gasteiger partial charge in [0.05, 0.1) is 13.0 Å². The van der Waals surface area contributed by atoms with Crippen molar-refractivity contribution in [3.63, 3.8) is 0 Å². The van der Waals surface area contributed by atoms with Gasteiger partial charge in [-0.1, -0.05) is 30.3 Å². The lowest BCUT2D eigenvalue weighted by Crippen LogP contribution is -2.52. The predicted octanol–water partition coefficient (Wildman–Crippen LogP) is 3.42. The monoisotopic (exact) mass is 287 g/mol. The Morgan fingerprint density at radius 2 is 1.78 bits per heavy atom. The zero-order valence-corrected chi connectivity index (χ0v) is 13.5. The fourth-order valence-electron chi connectivity index (χ4n) is 1.85. The molecule has 18 heavy (non-hydrogen) atoms. The largest absolute Gasteiger partial charge is 0.394 e. The van der Waals surface area contributed by atoms with Crippen molar-refractivity contribution in [2.24, 2.45) is 0 Å². The average Bonchev–Trinajstić information content (AvgIpc) is 2.35. The molecule has 1 unspecified atom stereocenters. The Balaban J connectivity index is 3.23. The van der Waals surface area contributed by atoms with Crippen LogP contribution >= 0.6 is 11.6 Å². The van der Waals surface area contributed by atoms with Crippen LogP contribution in [0.15, 0.2) is 30.3 Å². The first-order valence-corrected chi connectivity index (χ1v) is 9.89. The molecular formula is C13H22ClNO2Si. The molecule has 0 N–H and O–H groups in total. The molecule has 5 heteroatoms. The van der Waals surface area contributed by atoms with Gasteiger partial charge in [-0.05, 0) is 19.6 Å². The summed E-state index contributed by atoms with van der Waals surface area (Å²) in [6, 6.07) is 9.96. The lowest BCUT2D eigenvalue weighted by Gasteiger charge is -2.43. The van der Waals surface area contributed by atoms with E-state index in [0.717, 1.165) is 5.56 Å². The second-order valence-electron chi connectivity index (χ2n) is 5.18. The van der Waals surface area contributed by atoms with Gasteiger partial charge in [-0.25, -0.2) is 0 Å². The summed E-state index contributed by atoms with van der Waals surface area (Å²) in [5, 5.41) is 1.69. The third-order valence-electron chi connectivity index (χ3n) is 2.66. The Morgan fingerprint density at radius 1 is 1.22 bits per heavy atom. The fourth-order valence-corrected chi connectivity index (χ4v) is 3.65. The number of halogens is 1. The Kier molecular flexibility index (Phi) is 5.37. The summed E-state index contributed by atoms with van der Waals surface area (Å²) in [6.45, 7) is 6.42. The van der Waals surface area contributed by atoms with E-state index < -0.39 is 14.0 Å². The molecule has 0 aliphatic carbocycles. The Morgan fingerprint density at radius 3 is 2.17 bits per heavy atom. The second kappa shape index (κ2) is 6.17. The average molecular weight is 288 g/mol. The molecular weight excluding hydrogens is 266 g/mol. The van der Waals surface area contributed by atoms with Crippen LogP contribution in [0.3, 0.4) is 0 Å². The van der Waals surface area contributed by atoms with E-state index in [-0.39, 0.29) is 0 Å². The first-order chi connectivity index (χ1) is 8.35. The molecule has 0 fully saturated rings. The maximum Gasteiger partial charge on any atom is 0.186 e. The number of rotatable bonds is 6. The maximum atomic E-state index is 6.32. The molecule has 102 valence electrons. The first kappa shape index (κ1) is 15.7. The molecule has 0 saturated heterocycles. The van der Waals surface area contributed by atoms with E-state index in [1.807, 2.05) is 37.4 Å². The zero-order valence-electron chi connectivity index (χ0n) is 11.7. The van der Waals surface area contributed by atoms with E-state index in [9.17, 15) is 0 Å². The van der Waals surface area contributed by atoms with E-state index in [0.29, 0.717) is 5.88 Å². The smallest absolute Gasteiger partial charge is 0.186 e. The molecule has 1 atom stereocenters. The lowest BCUT2D eigenvalue weighted by atomic mass is 10.1. The van der Waals surface area contributed by atoms with Crippen LogP contribution in [0.1, 0.15) is 5.56 Å². The van der Waals surface area contributed by atoms with Crippen LogP contribution in [-0.4, -0.2) is 33.4 Å². The molecule has 0 bridgehead atoms. The van der Waals surface area contributed by atoms with Crippen molar-refractivity contribution in [2.45, 2.75) is 25.4 Å². The quantitative estimate of drug-likeness (QED) is 0.346. The van der Waals surface area contributed by atoms with E-state index >= 15 is 0 Å². The summed E-state index contributed by atoms with van der Waals surface area (Å²) in [5.41, 5.74) is 0.272. The van der Waals surface area contributed by atoms with Crippen LogP contribution in [0.5, 0.6) is 0 Å². The highest BCUT2D eigenvalue weighted by Crippen LogP contribution is 2.33. The first-order valence-electron chi connectivity index (χ1n) is 5.95. The highest BCUT2D eigenvalue weighted by molar-refractivity contribution is 6.69. The number of hydroxylamine groups is 2. The summed E-state index contributed by atoms with van der Waals surface area (Å²) in [6.07, 6.45) is 0. The minimum absolute atomic E-state index is 0.311. The molecule has 0 spiro atoms. The van der Waals surface area contributed by atoms with Crippen LogP contribution < -0.4 is 0 Å². The lowest BCUT2D eigenvalue weighted by molar-refractivity contribution is -0.253. The van der Waals surface area contributed by atoms with Crippen LogP contribution in [0.2, 0.25) is 19.6 Å². The topological polar surface area (TPSA) is 21.7 Å². The van der Waals surface area contributed by atoms with Crippen molar-refractivity contribution in [1.82, 2.24) is 5.06 Å². The van der Waals surface area contributed by atoms with Gasteiger partial charge in [-0.2, -0.15) is 5.06 Å². The normalized spacial score (nSPS) is 15.7. The summed E-state index contributed by atoms with van der Waals surface area (Å²) in [4.78, 5) is 5.35. The molecule has 0 heterocycles. The standard InChI is InChI=1S/C13H22ClNO2Si/c1-15(16-2)13(11-14,17-18(3,4)5)12-9-7-6-8-10-12/h6-10H,11H2,1-5H3. The molecule has 0 saturated carbocycles. The summed E-state index contributed by atoms with van der Waals surface area (Å²) in [5.74, 6) is 0.311.